The monoisotopic (exact) mass is 305 g/mol. The first kappa shape index (κ1) is 16.3. The fourth-order valence-electron chi connectivity index (χ4n) is 2.82. The summed E-state index contributed by atoms with van der Waals surface area (Å²) in [5.74, 6) is -0.0176. The van der Waals surface area contributed by atoms with Crippen molar-refractivity contribution in [2.45, 2.75) is 39.5 Å². The molecule has 1 N–H and O–H groups in total. The molecule has 0 unspecified atom stereocenters. The molecular formula is C17H23NO4. The van der Waals surface area contributed by atoms with Crippen molar-refractivity contribution in [1.82, 2.24) is 0 Å². The quantitative estimate of drug-likeness (QED) is 0.847. The first-order chi connectivity index (χ1) is 10.5. The van der Waals surface area contributed by atoms with E-state index in [-0.39, 0.29) is 11.3 Å². The van der Waals surface area contributed by atoms with Gasteiger partial charge >= 0.3 is 5.97 Å². The van der Waals surface area contributed by atoms with E-state index in [2.05, 4.69) is 5.32 Å². The highest BCUT2D eigenvalue weighted by Crippen LogP contribution is 2.38. The number of carbonyl (C=O) groups is 2. The number of esters is 1. The third-order valence-electron chi connectivity index (χ3n) is 4.20. The molecule has 22 heavy (non-hydrogen) atoms. The molecule has 120 valence electrons. The van der Waals surface area contributed by atoms with Crippen molar-refractivity contribution in [2.75, 3.05) is 19.0 Å². The lowest BCUT2D eigenvalue weighted by molar-refractivity contribution is -0.124. The highest BCUT2D eigenvalue weighted by Gasteiger charge is 2.36. The number of amides is 1. The molecule has 2 rings (SSSR count). The number of hydrogen-bond donors (Lipinski definition) is 1. The van der Waals surface area contributed by atoms with E-state index in [4.69, 9.17) is 9.47 Å². The number of ether oxygens (including phenoxy) is 2. The van der Waals surface area contributed by atoms with Gasteiger partial charge in [-0.1, -0.05) is 19.8 Å². The van der Waals surface area contributed by atoms with E-state index in [1.807, 2.05) is 13.8 Å². The molecule has 0 aliphatic heterocycles. The lowest BCUT2D eigenvalue weighted by Crippen LogP contribution is -2.30. The molecule has 1 saturated carbocycles. The lowest BCUT2D eigenvalue weighted by atomic mass is 9.88. The van der Waals surface area contributed by atoms with Gasteiger partial charge in [0.1, 0.15) is 11.3 Å². The van der Waals surface area contributed by atoms with Gasteiger partial charge in [-0.05, 0) is 38.0 Å². The molecule has 0 saturated heterocycles. The van der Waals surface area contributed by atoms with Gasteiger partial charge in [-0.25, -0.2) is 4.79 Å². The highest BCUT2D eigenvalue weighted by molar-refractivity contribution is 5.98. The summed E-state index contributed by atoms with van der Waals surface area (Å²) in [5.41, 5.74) is 0.588. The second kappa shape index (κ2) is 6.81. The van der Waals surface area contributed by atoms with Crippen LogP contribution in [0.3, 0.4) is 0 Å². The number of benzene rings is 1. The van der Waals surface area contributed by atoms with Crippen molar-refractivity contribution in [3.8, 4) is 5.75 Å². The topological polar surface area (TPSA) is 64.6 Å². The maximum absolute atomic E-state index is 12.4. The molecule has 1 aliphatic carbocycles. The maximum Gasteiger partial charge on any atom is 0.341 e. The largest absolute Gasteiger partial charge is 0.493 e. The Balaban J connectivity index is 2.21. The Labute approximate surface area is 131 Å². The van der Waals surface area contributed by atoms with E-state index in [0.29, 0.717) is 23.6 Å². The number of anilines is 1. The first-order valence-electron chi connectivity index (χ1n) is 7.67. The van der Waals surface area contributed by atoms with Crippen molar-refractivity contribution in [1.29, 1.82) is 0 Å². The molecule has 0 bridgehead atoms. The maximum atomic E-state index is 12.4. The minimum atomic E-state index is -0.480. The van der Waals surface area contributed by atoms with Gasteiger partial charge in [-0.3, -0.25) is 4.79 Å². The third kappa shape index (κ3) is 3.40. The van der Waals surface area contributed by atoms with Crippen LogP contribution < -0.4 is 10.1 Å². The first-order valence-corrected chi connectivity index (χ1v) is 7.67. The summed E-state index contributed by atoms with van der Waals surface area (Å²) in [7, 11) is 1.32. The van der Waals surface area contributed by atoms with E-state index in [9.17, 15) is 9.59 Å². The Bertz CT molecular complexity index is 562. The van der Waals surface area contributed by atoms with Crippen molar-refractivity contribution in [3.05, 3.63) is 23.8 Å². The van der Waals surface area contributed by atoms with Gasteiger partial charge in [0, 0.05) is 11.1 Å². The normalized spacial score (nSPS) is 16.1. The Morgan fingerprint density at radius 3 is 2.55 bits per heavy atom. The molecule has 1 fully saturated rings. The summed E-state index contributed by atoms with van der Waals surface area (Å²) in [6.45, 7) is 4.29. The molecule has 0 radical (unpaired) electrons. The minimum absolute atomic E-state index is 0.00461. The van der Waals surface area contributed by atoms with Crippen LogP contribution in [0.2, 0.25) is 0 Å². The summed E-state index contributed by atoms with van der Waals surface area (Å²) >= 11 is 0. The molecular weight excluding hydrogens is 282 g/mol. The number of nitrogens with one attached hydrogen (secondary N) is 1. The van der Waals surface area contributed by atoms with Crippen molar-refractivity contribution >= 4 is 17.6 Å². The van der Waals surface area contributed by atoms with E-state index < -0.39 is 5.97 Å². The van der Waals surface area contributed by atoms with Crippen LogP contribution in [0.1, 0.15) is 49.9 Å². The lowest BCUT2D eigenvalue weighted by Gasteiger charge is -2.22. The van der Waals surface area contributed by atoms with Gasteiger partial charge in [0.05, 0.1) is 13.7 Å². The van der Waals surface area contributed by atoms with Gasteiger partial charge < -0.3 is 14.8 Å². The summed E-state index contributed by atoms with van der Waals surface area (Å²) in [6, 6.07) is 5.03. The average Bonchev–Trinajstić information content (AvgIpc) is 2.96. The second-order valence-corrected chi connectivity index (χ2v) is 5.86. The second-order valence-electron chi connectivity index (χ2n) is 5.86. The van der Waals surface area contributed by atoms with Crippen molar-refractivity contribution in [2.24, 2.45) is 5.41 Å². The number of rotatable bonds is 5. The third-order valence-corrected chi connectivity index (χ3v) is 4.20. The zero-order valence-electron chi connectivity index (χ0n) is 13.4. The summed E-state index contributed by atoms with van der Waals surface area (Å²) in [5, 5.41) is 2.91. The molecule has 0 heterocycles. The number of carbonyl (C=O) groups excluding carboxylic acids is 2. The van der Waals surface area contributed by atoms with E-state index in [0.717, 1.165) is 25.7 Å². The zero-order valence-corrected chi connectivity index (χ0v) is 13.4. The van der Waals surface area contributed by atoms with Crippen LogP contribution >= 0.6 is 0 Å². The zero-order chi connectivity index (χ0) is 16.2. The van der Waals surface area contributed by atoms with Gasteiger partial charge in [-0.15, -0.1) is 0 Å². The Kier molecular flexibility index (Phi) is 5.06. The Morgan fingerprint density at radius 2 is 1.95 bits per heavy atom. The number of hydrogen-bond acceptors (Lipinski definition) is 4. The van der Waals surface area contributed by atoms with Gasteiger partial charge in [-0.2, -0.15) is 0 Å². The SMILES string of the molecule is CCOc1ccc(NC(=O)C2(C)CCCC2)cc1C(=O)OC. The Morgan fingerprint density at radius 1 is 1.27 bits per heavy atom. The van der Waals surface area contributed by atoms with E-state index in [1.165, 1.54) is 7.11 Å². The summed E-state index contributed by atoms with van der Waals surface area (Å²) in [4.78, 5) is 24.3. The standard InChI is InChI=1S/C17H23NO4/c1-4-22-14-8-7-12(11-13(14)15(19)21-3)18-16(20)17(2)9-5-6-10-17/h7-8,11H,4-6,9-10H2,1-3H3,(H,18,20). The van der Waals surface area contributed by atoms with Crippen molar-refractivity contribution < 1.29 is 19.1 Å². The predicted molar refractivity (Wildman–Crippen MR) is 84.2 cm³/mol. The fraction of sp³-hybridized carbons (Fsp3) is 0.529. The van der Waals surface area contributed by atoms with E-state index in [1.54, 1.807) is 18.2 Å². The highest BCUT2D eigenvalue weighted by atomic mass is 16.5. The average molecular weight is 305 g/mol. The molecule has 5 heteroatoms. The minimum Gasteiger partial charge on any atom is -0.493 e. The van der Waals surface area contributed by atoms with Crippen LogP contribution in [-0.2, 0) is 9.53 Å². The molecule has 0 atom stereocenters. The molecule has 1 aliphatic rings. The molecule has 0 aromatic heterocycles. The molecule has 5 nitrogen and oxygen atoms in total. The van der Waals surface area contributed by atoms with Gasteiger partial charge in [0.2, 0.25) is 5.91 Å². The van der Waals surface area contributed by atoms with Gasteiger partial charge in [0.25, 0.3) is 0 Å². The van der Waals surface area contributed by atoms with Crippen LogP contribution in [0.4, 0.5) is 5.69 Å². The predicted octanol–water partition coefficient (Wildman–Crippen LogP) is 3.39. The van der Waals surface area contributed by atoms with Crippen LogP contribution in [0.15, 0.2) is 18.2 Å². The Hall–Kier alpha value is -2.04. The molecule has 1 amide bonds. The van der Waals surface area contributed by atoms with E-state index >= 15 is 0 Å². The van der Waals surface area contributed by atoms with Gasteiger partial charge in [0.15, 0.2) is 0 Å². The van der Waals surface area contributed by atoms with Crippen LogP contribution in [0.25, 0.3) is 0 Å². The van der Waals surface area contributed by atoms with Crippen LogP contribution in [-0.4, -0.2) is 25.6 Å². The summed E-state index contributed by atoms with van der Waals surface area (Å²) in [6.07, 6.45) is 3.97. The van der Waals surface area contributed by atoms with Crippen LogP contribution in [0, 0.1) is 5.41 Å². The fourth-order valence-corrected chi connectivity index (χ4v) is 2.82. The van der Waals surface area contributed by atoms with Crippen molar-refractivity contribution in [3.63, 3.8) is 0 Å². The number of methoxy groups -OCH3 is 1. The molecule has 0 spiro atoms. The smallest absolute Gasteiger partial charge is 0.341 e. The molecule has 1 aromatic rings. The molecule has 1 aromatic carbocycles. The summed E-state index contributed by atoms with van der Waals surface area (Å²) < 4.78 is 10.2. The van der Waals surface area contributed by atoms with Crippen LogP contribution in [0.5, 0.6) is 5.75 Å².